The number of carbonyl (C=O) groups is 1. The maximum Gasteiger partial charge on any atom is 0.258 e. The van der Waals surface area contributed by atoms with Crippen molar-refractivity contribution in [1.29, 1.82) is 0 Å². The maximum absolute atomic E-state index is 11.7. The molecule has 0 bridgehead atoms. The van der Waals surface area contributed by atoms with Gasteiger partial charge in [0.05, 0.1) is 5.54 Å². The quantitative estimate of drug-likeness (QED) is 0.855. The van der Waals surface area contributed by atoms with Gasteiger partial charge in [-0.2, -0.15) is 0 Å². The fraction of sp³-hybridized carbons (Fsp3) is 0.462. The molecule has 0 spiro atoms. The highest BCUT2D eigenvalue weighted by Crippen LogP contribution is 2.37. The molecule has 98 valence electrons. The molecule has 1 aliphatic rings. The molecule has 0 aliphatic heterocycles. The van der Waals surface area contributed by atoms with E-state index in [0.29, 0.717) is 10.8 Å². The van der Waals surface area contributed by atoms with Crippen LogP contribution in [-0.4, -0.2) is 24.1 Å². The Hall–Kier alpha value is -1.26. The third-order valence-electron chi connectivity index (χ3n) is 3.34. The van der Waals surface area contributed by atoms with Gasteiger partial charge in [-0.15, -0.1) is 0 Å². The van der Waals surface area contributed by atoms with Crippen LogP contribution in [0, 0.1) is 0 Å². The van der Waals surface area contributed by atoms with Crippen molar-refractivity contribution < 1.29 is 9.53 Å². The molecule has 5 heteroatoms. The van der Waals surface area contributed by atoms with E-state index in [1.807, 2.05) is 6.92 Å². The molecule has 1 fully saturated rings. The Kier molecular flexibility index (Phi) is 3.78. The summed E-state index contributed by atoms with van der Waals surface area (Å²) in [7, 11) is 0. The van der Waals surface area contributed by atoms with Gasteiger partial charge in [-0.3, -0.25) is 4.79 Å². The van der Waals surface area contributed by atoms with Gasteiger partial charge in [-0.05, 0) is 37.1 Å². The number of rotatable bonds is 5. The Morgan fingerprint density at radius 3 is 2.67 bits per heavy atom. The first-order valence-corrected chi connectivity index (χ1v) is 6.38. The lowest BCUT2D eigenvalue weighted by Gasteiger charge is -2.16. The van der Waals surface area contributed by atoms with Gasteiger partial charge >= 0.3 is 0 Å². The van der Waals surface area contributed by atoms with Crippen LogP contribution in [0.4, 0.5) is 0 Å². The number of benzene rings is 1. The summed E-state index contributed by atoms with van der Waals surface area (Å²) in [5.74, 6) is 0.486. The van der Waals surface area contributed by atoms with Crippen molar-refractivity contribution in [2.75, 3.05) is 6.61 Å². The lowest BCUT2D eigenvalue weighted by Crippen LogP contribution is -2.43. The predicted octanol–water partition coefficient (Wildman–Crippen LogP) is 1.71. The molecule has 18 heavy (non-hydrogen) atoms. The fourth-order valence-electron chi connectivity index (χ4n) is 1.97. The number of nitrogens with one attached hydrogen (secondary N) is 1. The van der Waals surface area contributed by atoms with Gasteiger partial charge in [0.1, 0.15) is 5.75 Å². The van der Waals surface area contributed by atoms with E-state index < -0.39 is 0 Å². The second kappa shape index (κ2) is 5.16. The Morgan fingerprint density at radius 2 is 2.17 bits per heavy atom. The highest BCUT2D eigenvalue weighted by molar-refractivity contribution is 6.30. The molecule has 1 aliphatic carbocycles. The minimum absolute atomic E-state index is 0.00387. The van der Waals surface area contributed by atoms with Crippen molar-refractivity contribution in [1.82, 2.24) is 5.32 Å². The summed E-state index contributed by atoms with van der Waals surface area (Å²) in [4.78, 5) is 11.7. The molecule has 0 saturated heterocycles. The Labute approximate surface area is 111 Å². The van der Waals surface area contributed by atoms with Gasteiger partial charge in [0.15, 0.2) is 6.61 Å². The molecular formula is C13H17ClN2O2. The lowest BCUT2D eigenvalue weighted by atomic mass is 10.2. The van der Waals surface area contributed by atoms with E-state index in [1.165, 1.54) is 0 Å². The topological polar surface area (TPSA) is 64.3 Å². The van der Waals surface area contributed by atoms with Gasteiger partial charge in [-0.1, -0.05) is 18.5 Å². The molecule has 3 N–H and O–H groups in total. The maximum atomic E-state index is 11.7. The molecule has 4 nitrogen and oxygen atoms in total. The Morgan fingerprint density at radius 1 is 1.56 bits per heavy atom. The first-order valence-electron chi connectivity index (χ1n) is 6.01. The van der Waals surface area contributed by atoms with Crippen LogP contribution in [0.3, 0.4) is 0 Å². The molecule has 2 unspecified atom stereocenters. The predicted molar refractivity (Wildman–Crippen MR) is 70.7 cm³/mol. The molecule has 0 aromatic heterocycles. The van der Waals surface area contributed by atoms with E-state index in [0.717, 1.165) is 12.8 Å². The van der Waals surface area contributed by atoms with Crippen LogP contribution in [0.25, 0.3) is 0 Å². The molecule has 0 radical (unpaired) electrons. The van der Waals surface area contributed by atoms with Crippen molar-refractivity contribution in [2.45, 2.75) is 31.3 Å². The standard InChI is InChI=1S/C13H17ClN2O2/c1-2-13(7-11(13)15)16-12(17)8-18-10-5-3-9(14)4-6-10/h3-6,11H,2,7-8,15H2,1H3,(H,16,17). The summed E-state index contributed by atoms with van der Waals surface area (Å²) in [6.45, 7) is 2.02. The highest BCUT2D eigenvalue weighted by Gasteiger charge is 2.51. The SMILES string of the molecule is CCC1(NC(=O)COc2ccc(Cl)cc2)CC1N. The largest absolute Gasteiger partial charge is 0.484 e. The van der Waals surface area contributed by atoms with E-state index in [2.05, 4.69) is 5.32 Å². The van der Waals surface area contributed by atoms with E-state index in [-0.39, 0.29) is 24.1 Å². The molecule has 0 heterocycles. The average molecular weight is 269 g/mol. The smallest absolute Gasteiger partial charge is 0.258 e. The van der Waals surface area contributed by atoms with Crippen molar-refractivity contribution in [3.05, 3.63) is 29.3 Å². The first kappa shape index (κ1) is 13.2. The van der Waals surface area contributed by atoms with Crippen LogP contribution in [-0.2, 0) is 4.79 Å². The van der Waals surface area contributed by atoms with Crippen molar-refractivity contribution in [3.63, 3.8) is 0 Å². The molecule has 1 aromatic rings. The third kappa shape index (κ3) is 2.94. The monoisotopic (exact) mass is 268 g/mol. The zero-order valence-electron chi connectivity index (χ0n) is 10.3. The molecule has 1 saturated carbocycles. The first-order chi connectivity index (χ1) is 8.55. The van der Waals surface area contributed by atoms with Crippen molar-refractivity contribution in [3.8, 4) is 5.75 Å². The Balaban J connectivity index is 1.80. The number of hydrogen-bond acceptors (Lipinski definition) is 3. The van der Waals surface area contributed by atoms with E-state index in [1.54, 1.807) is 24.3 Å². The molecule has 2 atom stereocenters. The minimum atomic E-state index is -0.208. The van der Waals surface area contributed by atoms with Crippen LogP contribution in [0.1, 0.15) is 19.8 Å². The number of amides is 1. The number of carbonyl (C=O) groups excluding carboxylic acids is 1. The second-order valence-electron chi connectivity index (χ2n) is 4.61. The van der Waals surface area contributed by atoms with Gasteiger partial charge in [0.2, 0.25) is 0 Å². The summed E-state index contributed by atoms with van der Waals surface area (Å²) in [5.41, 5.74) is 5.61. The van der Waals surface area contributed by atoms with Gasteiger partial charge in [0.25, 0.3) is 5.91 Å². The van der Waals surface area contributed by atoms with Gasteiger partial charge in [-0.25, -0.2) is 0 Å². The van der Waals surface area contributed by atoms with Crippen LogP contribution in [0.5, 0.6) is 5.75 Å². The number of nitrogens with two attached hydrogens (primary N) is 1. The van der Waals surface area contributed by atoms with Crippen molar-refractivity contribution in [2.24, 2.45) is 5.73 Å². The molecular weight excluding hydrogens is 252 g/mol. The zero-order chi connectivity index (χ0) is 13.2. The van der Waals surface area contributed by atoms with Crippen LogP contribution in [0.2, 0.25) is 5.02 Å². The normalized spacial score (nSPS) is 25.6. The minimum Gasteiger partial charge on any atom is -0.484 e. The van der Waals surface area contributed by atoms with Crippen LogP contribution < -0.4 is 15.8 Å². The number of halogens is 1. The zero-order valence-corrected chi connectivity index (χ0v) is 11.0. The van der Waals surface area contributed by atoms with Crippen LogP contribution in [0.15, 0.2) is 24.3 Å². The van der Waals surface area contributed by atoms with Gasteiger partial charge in [0, 0.05) is 11.1 Å². The second-order valence-corrected chi connectivity index (χ2v) is 5.05. The number of ether oxygens (including phenoxy) is 1. The number of hydrogen-bond donors (Lipinski definition) is 2. The van der Waals surface area contributed by atoms with Crippen molar-refractivity contribution >= 4 is 17.5 Å². The molecule has 1 amide bonds. The van der Waals surface area contributed by atoms with E-state index >= 15 is 0 Å². The summed E-state index contributed by atoms with van der Waals surface area (Å²) in [6, 6.07) is 6.97. The van der Waals surface area contributed by atoms with Gasteiger partial charge < -0.3 is 15.8 Å². The van der Waals surface area contributed by atoms with E-state index in [9.17, 15) is 4.79 Å². The Bertz CT molecular complexity index is 431. The summed E-state index contributed by atoms with van der Waals surface area (Å²) >= 11 is 5.76. The molecule has 1 aromatic carbocycles. The summed E-state index contributed by atoms with van der Waals surface area (Å²) < 4.78 is 5.36. The highest BCUT2D eigenvalue weighted by atomic mass is 35.5. The lowest BCUT2D eigenvalue weighted by molar-refractivity contribution is -0.124. The van der Waals surface area contributed by atoms with Crippen LogP contribution >= 0.6 is 11.6 Å². The summed E-state index contributed by atoms with van der Waals surface area (Å²) in [6.07, 6.45) is 1.69. The molecule has 2 rings (SSSR count). The summed E-state index contributed by atoms with van der Waals surface area (Å²) in [5, 5.41) is 3.57. The third-order valence-corrected chi connectivity index (χ3v) is 3.59. The average Bonchev–Trinajstić information content (AvgIpc) is 2.99. The fourth-order valence-corrected chi connectivity index (χ4v) is 2.09. The van der Waals surface area contributed by atoms with E-state index in [4.69, 9.17) is 22.1 Å².